The first-order valence-corrected chi connectivity index (χ1v) is 12.9. The number of aryl methyl sites for hydroxylation is 1. The van der Waals surface area contributed by atoms with Crippen LogP contribution < -0.4 is 10.2 Å². The lowest BCUT2D eigenvalue weighted by molar-refractivity contribution is -0.117. The van der Waals surface area contributed by atoms with Crippen LogP contribution in [0.4, 0.5) is 11.4 Å². The summed E-state index contributed by atoms with van der Waals surface area (Å²) in [6, 6.07) is 25.5. The number of fused-ring (bicyclic) bond motifs is 1. The van der Waals surface area contributed by atoms with Crippen molar-refractivity contribution in [3.8, 4) is 5.69 Å². The SMILES string of the molecule is Cc1cccc(-n2c(Cc3ccccc3)nnc2SCC(=O)N2c3ccccc3NC(=O)C[C@@H]2C)c1. The number of rotatable bonds is 6. The van der Waals surface area contributed by atoms with E-state index in [0.29, 0.717) is 23.0 Å². The van der Waals surface area contributed by atoms with Gasteiger partial charge in [0.1, 0.15) is 5.82 Å². The molecule has 2 amide bonds. The smallest absolute Gasteiger partial charge is 0.237 e. The molecule has 36 heavy (non-hydrogen) atoms. The van der Waals surface area contributed by atoms with Gasteiger partial charge in [0.25, 0.3) is 0 Å². The number of nitrogens with one attached hydrogen (secondary N) is 1. The molecule has 182 valence electrons. The highest BCUT2D eigenvalue weighted by Crippen LogP contribution is 2.32. The van der Waals surface area contributed by atoms with Crippen molar-refractivity contribution in [1.82, 2.24) is 14.8 Å². The van der Waals surface area contributed by atoms with Gasteiger partial charge in [0.2, 0.25) is 11.8 Å². The highest BCUT2D eigenvalue weighted by molar-refractivity contribution is 7.99. The summed E-state index contributed by atoms with van der Waals surface area (Å²) in [5.41, 5.74) is 4.60. The van der Waals surface area contributed by atoms with Gasteiger partial charge in [-0.3, -0.25) is 14.2 Å². The van der Waals surface area contributed by atoms with Gasteiger partial charge in [0.05, 0.1) is 17.1 Å². The fraction of sp³-hybridized carbons (Fsp3) is 0.214. The van der Waals surface area contributed by atoms with Gasteiger partial charge in [-0.05, 0) is 49.2 Å². The van der Waals surface area contributed by atoms with E-state index in [1.807, 2.05) is 66.1 Å². The fourth-order valence-electron chi connectivity index (χ4n) is 4.48. The number of nitrogens with zero attached hydrogens (tertiary/aromatic N) is 4. The number of hydrogen-bond acceptors (Lipinski definition) is 5. The predicted molar refractivity (Wildman–Crippen MR) is 143 cm³/mol. The minimum Gasteiger partial charge on any atom is -0.324 e. The highest BCUT2D eigenvalue weighted by atomic mass is 32.2. The van der Waals surface area contributed by atoms with E-state index in [4.69, 9.17) is 0 Å². The molecule has 0 fully saturated rings. The average molecular weight is 498 g/mol. The molecule has 3 aromatic carbocycles. The van der Waals surface area contributed by atoms with Crippen molar-refractivity contribution in [3.05, 3.63) is 95.8 Å². The Bertz CT molecular complexity index is 1400. The van der Waals surface area contributed by atoms with Crippen LogP contribution in [-0.4, -0.2) is 38.4 Å². The van der Waals surface area contributed by atoms with Crippen LogP contribution in [-0.2, 0) is 16.0 Å². The highest BCUT2D eigenvalue weighted by Gasteiger charge is 2.30. The number of carbonyl (C=O) groups is 2. The van der Waals surface area contributed by atoms with Crippen LogP contribution in [0.5, 0.6) is 0 Å². The molecule has 0 spiro atoms. The molecule has 1 N–H and O–H groups in total. The van der Waals surface area contributed by atoms with Gasteiger partial charge in [0.15, 0.2) is 5.16 Å². The topological polar surface area (TPSA) is 80.1 Å². The summed E-state index contributed by atoms with van der Waals surface area (Å²) in [6.07, 6.45) is 0.867. The molecule has 0 unspecified atom stereocenters. The van der Waals surface area contributed by atoms with Gasteiger partial charge in [-0.2, -0.15) is 0 Å². The molecule has 1 atom stereocenters. The van der Waals surface area contributed by atoms with Gasteiger partial charge in [-0.1, -0.05) is 66.4 Å². The largest absolute Gasteiger partial charge is 0.324 e. The van der Waals surface area contributed by atoms with Crippen LogP contribution in [0.3, 0.4) is 0 Å². The second kappa shape index (κ2) is 10.4. The Morgan fingerprint density at radius 1 is 1.03 bits per heavy atom. The van der Waals surface area contributed by atoms with Crippen molar-refractivity contribution in [2.45, 2.75) is 37.9 Å². The fourth-order valence-corrected chi connectivity index (χ4v) is 5.31. The third-order valence-electron chi connectivity index (χ3n) is 6.12. The van der Waals surface area contributed by atoms with E-state index >= 15 is 0 Å². The van der Waals surface area contributed by atoms with E-state index < -0.39 is 0 Å². The number of aromatic nitrogens is 3. The second-order valence-corrected chi connectivity index (χ2v) is 9.85. The van der Waals surface area contributed by atoms with Gasteiger partial charge in [0, 0.05) is 24.6 Å². The molecule has 1 aromatic heterocycles. The predicted octanol–water partition coefficient (Wildman–Crippen LogP) is 5.02. The molecule has 2 heterocycles. The Labute approximate surface area is 214 Å². The van der Waals surface area contributed by atoms with Crippen LogP contribution >= 0.6 is 11.8 Å². The summed E-state index contributed by atoms with van der Waals surface area (Å²) in [4.78, 5) is 27.5. The van der Waals surface area contributed by atoms with Gasteiger partial charge in [-0.25, -0.2) is 0 Å². The molecule has 1 aliphatic rings. The van der Waals surface area contributed by atoms with Gasteiger partial charge < -0.3 is 10.2 Å². The van der Waals surface area contributed by atoms with E-state index in [9.17, 15) is 9.59 Å². The molecule has 0 saturated carbocycles. The molecule has 7 nitrogen and oxygen atoms in total. The first kappa shape index (κ1) is 23.8. The molecule has 0 saturated heterocycles. The number of thioether (sulfide) groups is 1. The normalized spacial score (nSPS) is 15.2. The Hall–Kier alpha value is -3.91. The quantitative estimate of drug-likeness (QED) is 0.378. The maximum Gasteiger partial charge on any atom is 0.237 e. The monoisotopic (exact) mass is 497 g/mol. The maximum absolute atomic E-state index is 13.5. The molecule has 0 aliphatic carbocycles. The van der Waals surface area contributed by atoms with Crippen molar-refractivity contribution in [2.24, 2.45) is 0 Å². The molecule has 0 bridgehead atoms. The van der Waals surface area contributed by atoms with Crippen LogP contribution in [0.2, 0.25) is 0 Å². The number of amides is 2. The van der Waals surface area contributed by atoms with E-state index in [-0.39, 0.29) is 30.0 Å². The van der Waals surface area contributed by atoms with Crippen molar-refractivity contribution in [1.29, 1.82) is 0 Å². The van der Waals surface area contributed by atoms with E-state index in [1.54, 1.807) is 4.90 Å². The summed E-state index contributed by atoms with van der Waals surface area (Å²) in [6.45, 7) is 3.95. The first-order valence-electron chi connectivity index (χ1n) is 11.9. The van der Waals surface area contributed by atoms with Gasteiger partial charge >= 0.3 is 0 Å². The third kappa shape index (κ3) is 5.04. The Morgan fingerprint density at radius 3 is 2.61 bits per heavy atom. The number of hydrogen-bond donors (Lipinski definition) is 1. The summed E-state index contributed by atoms with van der Waals surface area (Å²) in [5, 5.41) is 12.5. The molecule has 5 rings (SSSR count). The number of anilines is 2. The first-order chi connectivity index (χ1) is 17.5. The van der Waals surface area contributed by atoms with Crippen molar-refractivity contribution >= 4 is 35.0 Å². The minimum absolute atomic E-state index is 0.0835. The average Bonchev–Trinajstić information content (AvgIpc) is 3.20. The molecule has 8 heteroatoms. The standard InChI is InChI=1S/C28H27N5O2S/c1-19-9-8-12-22(15-19)33-25(17-21-10-4-3-5-11-21)30-31-28(33)36-18-27(35)32-20(2)16-26(34)29-23-13-6-7-14-24(23)32/h3-15,20H,16-18H2,1-2H3,(H,29,34)/t20-/m0/s1. The van der Waals surface area contributed by atoms with Gasteiger partial charge in [-0.15, -0.1) is 10.2 Å². The van der Waals surface area contributed by atoms with Crippen LogP contribution in [0.25, 0.3) is 5.69 Å². The summed E-state index contributed by atoms with van der Waals surface area (Å²) < 4.78 is 2.03. The number of benzene rings is 3. The summed E-state index contributed by atoms with van der Waals surface area (Å²) in [7, 11) is 0. The van der Waals surface area contributed by atoms with E-state index in [1.165, 1.54) is 11.8 Å². The Balaban J connectivity index is 1.43. The second-order valence-electron chi connectivity index (χ2n) is 8.91. The summed E-state index contributed by atoms with van der Waals surface area (Å²) >= 11 is 1.36. The molecule has 1 aliphatic heterocycles. The molecule has 4 aromatic rings. The molecule has 0 radical (unpaired) electrons. The molecular formula is C28H27N5O2S. The molecular weight excluding hydrogens is 470 g/mol. The van der Waals surface area contributed by atoms with Crippen LogP contribution in [0.15, 0.2) is 84.0 Å². The lowest BCUT2D eigenvalue weighted by Gasteiger charge is -2.27. The number of para-hydroxylation sites is 2. The lowest BCUT2D eigenvalue weighted by Crippen LogP contribution is -2.40. The van der Waals surface area contributed by atoms with Crippen molar-refractivity contribution in [3.63, 3.8) is 0 Å². The van der Waals surface area contributed by atoms with E-state index in [0.717, 1.165) is 22.6 Å². The van der Waals surface area contributed by atoms with Crippen LogP contribution in [0, 0.1) is 6.92 Å². The van der Waals surface area contributed by atoms with Crippen LogP contribution in [0.1, 0.15) is 30.3 Å². The third-order valence-corrected chi connectivity index (χ3v) is 7.03. The maximum atomic E-state index is 13.5. The lowest BCUT2D eigenvalue weighted by atomic mass is 10.1. The Morgan fingerprint density at radius 2 is 1.81 bits per heavy atom. The zero-order chi connectivity index (χ0) is 25.1. The number of carbonyl (C=O) groups excluding carboxylic acids is 2. The summed E-state index contributed by atoms with van der Waals surface area (Å²) in [5.74, 6) is 0.801. The zero-order valence-electron chi connectivity index (χ0n) is 20.2. The van der Waals surface area contributed by atoms with E-state index in [2.05, 4.69) is 46.7 Å². The Kier molecular flexibility index (Phi) is 6.86. The van der Waals surface area contributed by atoms with Crippen molar-refractivity contribution in [2.75, 3.05) is 16.0 Å². The minimum atomic E-state index is -0.259. The zero-order valence-corrected chi connectivity index (χ0v) is 21.0. The van der Waals surface area contributed by atoms with Crippen molar-refractivity contribution < 1.29 is 9.59 Å².